The van der Waals surface area contributed by atoms with Gasteiger partial charge in [-0.3, -0.25) is 0 Å². The number of halogens is 2. The normalized spacial score (nSPS) is 21.3. The number of ether oxygens (including phenoxy) is 1. The van der Waals surface area contributed by atoms with Gasteiger partial charge in [-0.1, -0.05) is 30.3 Å². The molecule has 0 unspecified atom stereocenters. The van der Waals surface area contributed by atoms with Crippen molar-refractivity contribution in [1.29, 1.82) is 0 Å². The minimum absolute atomic E-state index is 0.109. The van der Waals surface area contributed by atoms with Crippen molar-refractivity contribution >= 4 is 10.0 Å². The van der Waals surface area contributed by atoms with E-state index in [1.807, 2.05) is 6.07 Å². The first-order valence-electron chi connectivity index (χ1n) is 11.3. The summed E-state index contributed by atoms with van der Waals surface area (Å²) in [6, 6.07) is 10.4. The van der Waals surface area contributed by atoms with Gasteiger partial charge in [0.25, 0.3) is 5.89 Å². The first-order valence-corrected chi connectivity index (χ1v) is 12.8. The molecule has 0 aliphatic carbocycles. The number of aromatic nitrogens is 2. The predicted octanol–water partition coefficient (Wildman–Crippen LogP) is 4.21. The summed E-state index contributed by atoms with van der Waals surface area (Å²) >= 11 is 0. The zero-order valence-electron chi connectivity index (χ0n) is 19.6. The van der Waals surface area contributed by atoms with Crippen LogP contribution in [-0.4, -0.2) is 35.1 Å². The van der Waals surface area contributed by atoms with E-state index in [2.05, 4.69) is 10.2 Å². The second kappa shape index (κ2) is 10.00. The van der Waals surface area contributed by atoms with E-state index in [1.54, 1.807) is 45.0 Å². The highest BCUT2D eigenvalue weighted by Crippen LogP contribution is 2.38. The van der Waals surface area contributed by atoms with E-state index in [4.69, 9.17) is 9.15 Å². The van der Waals surface area contributed by atoms with Gasteiger partial charge in [0.05, 0.1) is 6.10 Å². The molecule has 0 bridgehead atoms. The van der Waals surface area contributed by atoms with Crippen LogP contribution in [-0.2, 0) is 21.3 Å². The summed E-state index contributed by atoms with van der Waals surface area (Å²) < 4.78 is 69.2. The topological polar surface area (TPSA) is 106 Å². The van der Waals surface area contributed by atoms with Crippen LogP contribution >= 0.6 is 0 Å². The fraction of sp³-hybridized carbons (Fsp3) is 0.417. The lowest BCUT2D eigenvalue weighted by molar-refractivity contribution is 0.0129. The summed E-state index contributed by atoms with van der Waals surface area (Å²) in [5.74, 6) is -2.74. The molecule has 3 atom stereocenters. The smallest absolute Gasteiger partial charge is 0.389 e. The SMILES string of the molecule is CC(C)O[C@@H](c1n[nH]c(=O)o1)c1cc(F)c(CN2[C@@H](C)CC[C@H](c3ccccc3)S2(=O)=O)cc1F. The number of hydrogen-bond acceptors (Lipinski definition) is 6. The summed E-state index contributed by atoms with van der Waals surface area (Å²) in [7, 11) is -3.82. The zero-order chi connectivity index (χ0) is 25.3. The van der Waals surface area contributed by atoms with Crippen molar-refractivity contribution in [1.82, 2.24) is 14.5 Å². The first kappa shape index (κ1) is 25.2. The molecular formula is C24H27F2N3O5S. The quantitative estimate of drug-likeness (QED) is 0.514. The maximum Gasteiger partial charge on any atom is 0.434 e. The predicted molar refractivity (Wildman–Crippen MR) is 124 cm³/mol. The zero-order valence-corrected chi connectivity index (χ0v) is 20.4. The van der Waals surface area contributed by atoms with Crippen molar-refractivity contribution in [2.45, 2.75) is 63.7 Å². The Morgan fingerprint density at radius 1 is 1.17 bits per heavy atom. The molecule has 35 heavy (non-hydrogen) atoms. The van der Waals surface area contributed by atoms with E-state index in [9.17, 15) is 13.2 Å². The van der Waals surface area contributed by atoms with E-state index < -0.39 is 44.9 Å². The van der Waals surface area contributed by atoms with Gasteiger partial charge in [-0.05, 0) is 51.3 Å². The molecule has 2 aromatic carbocycles. The van der Waals surface area contributed by atoms with Crippen LogP contribution in [0.25, 0.3) is 0 Å². The minimum Gasteiger partial charge on any atom is -0.389 e. The monoisotopic (exact) mass is 507 g/mol. The molecule has 1 N–H and O–H groups in total. The Labute approximate surface area is 202 Å². The molecule has 1 saturated heterocycles. The lowest BCUT2D eigenvalue weighted by Crippen LogP contribution is -2.44. The van der Waals surface area contributed by atoms with Crippen molar-refractivity contribution in [3.05, 3.63) is 87.2 Å². The average molecular weight is 508 g/mol. The molecule has 2 heterocycles. The second-order valence-electron chi connectivity index (χ2n) is 8.90. The summed E-state index contributed by atoms with van der Waals surface area (Å²) in [6.07, 6.45) is -0.650. The van der Waals surface area contributed by atoms with Gasteiger partial charge in [0, 0.05) is 23.7 Å². The Kier molecular flexibility index (Phi) is 7.20. The van der Waals surface area contributed by atoms with Gasteiger partial charge < -0.3 is 9.15 Å². The number of hydrogen-bond donors (Lipinski definition) is 1. The third-order valence-electron chi connectivity index (χ3n) is 6.06. The maximum atomic E-state index is 15.2. The Morgan fingerprint density at radius 3 is 2.51 bits per heavy atom. The number of aromatic amines is 1. The Hall–Kier alpha value is -2.89. The van der Waals surface area contributed by atoms with Gasteiger partial charge in [0.2, 0.25) is 10.0 Å². The van der Waals surface area contributed by atoms with Crippen LogP contribution in [0.4, 0.5) is 8.78 Å². The lowest BCUT2D eigenvalue weighted by atomic mass is 10.0. The van der Waals surface area contributed by atoms with Crippen LogP contribution in [0.3, 0.4) is 0 Å². The van der Waals surface area contributed by atoms with E-state index in [0.717, 1.165) is 12.1 Å². The maximum absolute atomic E-state index is 15.2. The van der Waals surface area contributed by atoms with Crippen LogP contribution in [0.1, 0.15) is 67.5 Å². The van der Waals surface area contributed by atoms with Gasteiger partial charge in [-0.2, -0.15) is 4.31 Å². The molecule has 1 aliphatic rings. The summed E-state index contributed by atoms with van der Waals surface area (Å²) in [4.78, 5) is 11.4. The Balaban J connectivity index is 1.67. The largest absolute Gasteiger partial charge is 0.434 e. The fourth-order valence-electron chi connectivity index (χ4n) is 4.34. The fourth-order valence-corrected chi connectivity index (χ4v) is 6.52. The van der Waals surface area contributed by atoms with E-state index in [0.29, 0.717) is 18.4 Å². The third-order valence-corrected chi connectivity index (χ3v) is 8.43. The van der Waals surface area contributed by atoms with Crippen LogP contribution in [0.2, 0.25) is 0 Å². The number of sulfonamides is 1. The van der Waals surface area contributed by atoms with Gasteiger partial charge in [0.15, 0.2) is 6.10 Å². The van der Waals surface area contributed by atoms with Gasteiger partial charge >= 0.3 is 5.76 Å². The number of rotatable bonds is 7. The summed E-state index contributed by atoms with van der Waals surface area (Å²) in [5, 5.41) is 5.02. The minimum atomic E-state index is -3.82. The molecular weight excluding hydrogens is 480 g/mol. The molecule has 1 fully saturated rings. The van der Waals surface area contributed by atoms with Gasteiger partial charge in [-0.15, -0.1) is 5.10 Å². The van der Waals surface area contributed by atoms with Crippen molar-refractivity contribution < 1.29 is 26.4 Å². The molecule has 0 spiro atoms. The average Bonchev–Trinajstić information content (AvgIpc) is 3.23. The highest BCUT2D eigenvalue weighted by Gasteiger charge is 2.41. The molecule has 188 valence electrons. The molecule has 0 saturated carbocycles. The molecule has 1 aromatic heterocycles. The highest BCUT2D eigenvalue weighted by molar-refractivity contribution is 7.89. The second-order valence-corrected chi connectivity index (χ2v) is 11.0. The van der Waals surface area contributed by atoms with Crippen LogP contribution in [0.5, 0.6) is 0 Å². The van der Waals surface area contributed by atoms with Crippen molar-refractivity contribution in [3.63, 3.8) is 0 Å². The summed E-state index contributed by atoms with van der Waals surface area (Å²) in [6.45, 7) is 4.81. The van der Waals surface area contributed by atoms with E-state index in [-0.39, 0.29) is 29.6 Å². The van der Waals surface area contributed by atoms with E-state index >= 15 is 8.78 Å². The van der Waals surface area contributed by atoms with Crippen LogP contribution < -0.4 is 5.76 Å². The molecule has 8 nitrogen and oxygen atoms in total. The van der Waals surface area contributed by atoms with Crippen LogP contribution in [0.15, 0.2) is 51.7 Å². The third kappa shape index (κ3) is 5.21. The Bertz CT molecular complexity index is 1340. The number of nitrogens with zero attached hydrogens (tertiary/aromatic N) is 2. The molecule has 1 aliphatic heterocycles. The number of benzene rings is 2. The molecule has 11 heteroatoms. The highest BCUT2D eigenvalue weighted by atomic mass is 32.2. The van der Waals surface area contributed by atoms with Crippen molar-refractivity contribution in [2.75, 3.05) is 0 Å². The Morgan fingerprint density at radius 2 is 1.89 bits per heavy atom. The number of H-pyrrole nitrogens is 1. The first-order chi connectivity index (χ1) is 16.6. The van der Waals surface area contributed by atoms with Gasteiger partial charge in [0.1, 0.15) is 16.9 Å². The molecule has 4 rings (SSSR count). The lowest BCUT2D eigenvalue weighted by Gasteiger charge is -2.37. The summed E-state index contributed by atoms with van der Waals surface area (Å²) in [5.41, 5.74) is 0.342. The van der Waals surface area contributed by atoms with E-state index in [1.165, 1.54) is 4.31 Å². The molecule has 0 amide bonds. The molecule has 3 aromatic rings. The van der Waals surface area contributed by atoms with Gasteiger partial charge in [-0.25, -0.2) is 27.1 Å². The van der Waals surface area contributed by atoms with Crippen molar-refractivity contribution in [3.8, 4) is 0 Å². The van der Waals surface area contributed by atoms with Crippen LogP contribution in [0, 0.1) is 11.6 Å². The molecule has 0 radical (unpaired) electrons. The number of nitrogens with one attached hydrogen (secondary N) is 1. The van der Waals surface area contributed by atoms with Crippen molar-refractivity contribution in [2.24, 2.45) is 0 Å². The standard InChI is InChI=1S/C24H27F2N3O5S/c1-14(2)33-22(23-27-28-24(30)34-23)18-12-19(25)17(11-20(18)26)13-29-15(3)9-10-21(35(29,31)32)16-7-5-4-6-8-16/h4-8,11-12,14-15,21-22H,9-10,13H2,1-3H3,(H,28,30)/t15-,21+,22+/m0/s1.